The van der Waals surface area contributed by atoms with E-state index in [0.717, 1.165) is 18.7 Å². The molecule has 108 valence electrons. The smallest absolute Gasteiger partial charge is 0.296 e. The third kappa shape index (κ3) is 3.64. The van der Waals surface area contributed by atoms with Crippen LogP contribution < -0.4 is 10.6 Å². The first-order valence-corrected chi connectivity index (χ1v) is 7.41. The van der Waals surface area contributed by atoms with Crippen molar-refractivity contribution >= 4 is 22.4 Å². The molecule has 0 spiro atoms. The van der Waals surface area contributed by atoms with E-state index in [1.54, 1.807) is 13.0 Å². The molecule has 7 heteroatoms. The lowest BCUT2D eigenvalue weighted by Gasteiger charge is -2.09. The Bertz CT molecular complexity index is 578. The number of carbonyl (C=O) groups excluding carboxylic acids is 1. The second kappa shape index (κ2) is 6.62. The second-order valence-corrected chi connectivity index (χ2v) is 5.40. The molecule has 0 fully saturated rings. The number of aromatic nitrogens is 2. The molecule has 2 heterocycles. The third-order valence-electron chi connectivity index (χ3n) is 2.74. The average Bonchev–Trinajstić information content (AvgIpc) is 3.05. The van der Waals surface area contributed by atoms with E-state index < -0.39 is 0 Å². The Morgan fingerprint density at radius 2 is 2.35 bits per heavy atom. The first-order valence-electron chi connectivity index (χ1n) is 6.53. The Balaban J connectivity index is 1.97. The molecule has 1 unspecified atom stereocenters. The molecule has 2 rings (SSSR count). The summed E-state index contributed by atoms with van der Waals surface area (Å²) < 4.78 is 4.91. The van der Waals surface area contributed by atoms with Crippen molar-refractivity contribution in [2.75, 3.05) is 11.9 Å². The van der Waals surface area contributed by atoms with Gasteiger partial charge in [-0.15, -0.1) is 11.3 Å². The van der Waals surface area contributed by atoms with Crippen LogP contribution in [-0.2, 0) is 0 Å². The highest BCUT2D eigenvalue weighted by molar-refractivity contribution is 7.14. The Kier molecular flexibility index (Phi) is 4.86. The van der Waals surface area contributed by atoms with Crippen LogP contribution in [0.4, 0.5) is 5.13 Å². The molecule has 2 aromatic rings. The van der Waals surface area contributed by atoms with Crippen LogP contribution >= 0.6 is 11.3 Å². The summed E-state index contributed by atoms with van der Waals surface area (Å²) in [5.41, 5.74) is 1.60. The molecule has 0 aliphatic carbocycles. The maximum atomic E-state index is 11.9. The summed E-state index contributed by atoms with van der Waals surface area (Å²) in [6, 6.07) is 1.76. The lowest BCUT2D eigenvalue weighted by atomic mass is 10.2. The molecule has 1 atom stereocenters. The molecule has 1 amide bonds. The van der Waals surface area contributed by atoms with E-state index in [9.17, 15) is 4.79 Å². The minimum atomic E-state index is -0.333. The van der Waals surface area contributed by atoms with Gasteiger partial charge in [0.25, 0.3) is 5.91 Å². The van der Waals surface area contributed by atoms with E-state index >= 15 is 0 Å². The van der Waals surface area contributed by atoms with Crippen molar-refractivity contribution in [3.63, 3.8) is 0 Å². The van der Waals surface area contributed by atoms with Crippen LogP contribution in [0, 0.1) is 6.92 Å². The second-order valence-electron chi connectivity index (χ2n) is 4.54. The summed E-state index contributed by atoms with van der Waals surface area (Å²) in [7, 11) is 0. The van der Waals surface area contributed by atoms with Crippen LogP contribution in [0.15, 0.2) is 16.0 Å². The van der Waals surface area contributed by atoms with E-state index in [0.29, 0.717) is 10.8 Å². The number of anilines is 1. The van der Waals surface area contributed by atoms with Crippen LogP contribution in [0.25, 0.3) is 0 Å². The maximum absolute atomic E-state index is 11.9. The lowest BCUT2D eigenvalue weighted by molar-refractivity contribution is 0.0988. The monoisotopic (exact) mass is 294 g/mol. The number of nitrogens with zero attached hydrogens (tertiary/aromatic N) is 2. The predicted octanol–water partition coefficient (Wildman–Crippen LogP) is 2.75. The fourth-order valence-corrected chi connectivity index (χ4v) is 2.44. The number of hydrogen-bond acceptors (Lipinski definition) is 6. The number of thiazole rings is 1. The molecular formula is C13H18N4O2S. The van der Waals surface area contributed by atoms with Crippen molar-refractivity contribution in [1.82, 2.24) is 15.5 Å². The molecule has 20 heavy (non-hydrogen) atoms. The Morgan fingerprint density at radius 3 is 3.00 bits per heavy atom. The number of hydrogen-bond donors (Lipinski definition) is 2. The van der Waals surface area contributed by atoms with Crippen molar-refractivity contribution in [1.29, 1.82) is 0 Å². The summed E-state index contributed by atoms with van der Waals surface area (Å²) in [5.74, 6) is -0.142. The van der Waals surface area contributed by atoms with Crippen molar-refractivity contribution in [3.05, 3.63) is 28.6 Å². The Labute approximate surface area is 121 Å². The third-order valence-corrected chi connectivity index (χ3v) is 3.51. The van der Waals surface area contributed by atoms with Gasteiger partial charge in [0.15, 0.2) is 5.13 Å². The normalized spacial score (nSPS) is 12.3. The van der Waals surface area contributed by atoms with E-state index in [4.69, 9.17) is 4.52 Å². The molecule has 0 saturated carbocycles. The van der Waals surface area contributed by atoms with Crippen LogP contribution in [0.2, 0.25) is 0 Å². The quantitative estimate of drug-likeness (QED) is 0.856. The lowest BCUT2D eigenvalue weighted by Crippen LogP contribution is -2.19. The van der Waals surface area contributed by atoms with Crippen LogP contribution in [0.1, 0.15) is 48.3 Å². The summed E-state index contributed by atoms with van der Waals surface area (Å²) in [6.45, 7) is 6.88. The van der Waals surface area contributed by atoms with Gasteiger partial charge >= 0.3 is 0 Å². The molecule has 0 bridgehead atoms. The molecule has 2 N–H and O–H groups in total. The van der Waals surface area contributed by atoms with E-state index in [1.165, 1.54) is 11.3 Å². The molecule has 0 aliphatic heterocycles. The fourth-order valence-electron chi connectivity index (χ4n) is 1.64. The van der Waals surface area contributed by atoms with Gasteiger partial charge in [-0.1, -0.05) is 12.1 Å². The zero-order chi connectivity index (χ0) is 14.5. The van der Waals surface area contributed by atoms with Gasteiger partial charge in [-0.2, -0.15) is 0 Å². The van der Waals surface area contributed by atoms with Crippen LogP contribution in [0.5, 0.6) is 0 Å². The summed E-state index contributed by atoms with van der Waals surface area (Å²) in [5, 5.41) is 12.2. The zero-order valence-corrected chi connectivity index (χ0v) is 12.6. The summed E-state index contributed by atoms with van der Waals surface area (Å²) >= 11 is 1.40. The molecule has 0 saturated heterocycles. The van der Waals surface area contributed by atoms with Crippen LogP contribution in [-0.4, -0.2) is 22.6 Å². The van der Waals surface area contributed by atoms with E-state index in [1.807, 2.05) is 5.38 Å². The highest BCUT2D eigenvalue weighted by Crippen LogP contribution is 2.21. The van der Waals surface area contributed by atoms with Gasteiger partial charge in [-0.25, -0.2) is 4.98 Å². The minimum Gasteiger partial charge on any atom is -0.351 e. The standard InChI is InChI=1S/C13H18N4O2S/c1-4-5-14-9(3)10-7-20-13(15-10)16-12(18)11-6-8(2)17-19-11/h6-7,9,14H,4-5H2,1-3H3,(H,15,16,18). The van der Waals surface area contributed by atoms with Crippen LogP contribution in [0.3, 0.4) is 0 Å². The number of rotatable bonds is 6. The van der Waals surface area contributed by atoms with Crippen molar-refractivity contribution < 1.29 is 9.32 Å². The van der Waals surface area contributed by atoms with Crippen molar-refractivity contribution in [2.45, 2.75) is 33.2 Å². The summed E-state index contributed by atoms with van der Waals surface area (Å²) in [6.07, 6.45) is 1.07. The average molecular weight is 294 g/mol. The van der Waals surface area contributed by atoms with Gasteiger partial charge in [0.05, 0.1) is 11.4 Å². The predicted molar refractivity (Wildman–Crippen MR) is 78.0 cm³/mol. The molecule has 0 radical (unpaired) electrons. The summed E-state index contributed by atoms with van der Waals surface area (Å²) in [4.78, 5) is 16.3. The van der Waals surface area contributed by atoms with Gasteiger partial charge in [-0.05, 0) is 26.8 Å². The van der Waals surface area contributed by atoms with E-state index in [-0.39, 0.29) is 17.7 Å². The fraction of sp³-hybridized carbons (Fsp3) is 0.462. The highest BCUT2D eigenvalue weighted by atomic mass is 32.1. The zero-order valence-electron chi connectivity index (χ0n) is 11.8. The minimum absolute atomic E-state index is 0.171. The Hall–Kier alpha value is -1.73. The largest absolute Gasteiger partial charge is 0.351 e. The Morgan fingerprint density at radius 1 is 1.55 bits per heavy atom. The van der Waals surface area contributed by atoms with Crippen molar-refractivity contribution in [2.24, 2.45) is 0 Å². The van der Waals surface area contributed by atoms with Gasteiger partial charge in [0, 0.05) is 17.5 Å². The number of aryl methyl sites for hydroxylation is 1. The SMILES string of the molecule is CCCNC(C)c1csc(NC(=O)c2cc(C)no2)n1. The van der Waals surface area contributed by atoms with Gasteiger partial charge < -0.3 is 9.84 Å². The number of nitrogens with one attached hydrogen (secondary N) is 2. The van der Waals surface area contributed by atoms with Gasteiger partial charge in [-0.3, -0.25) is 10.1 Å². The highest BCUT2D eigenvalue weighted by Gasteiger charge is 2.15. The topological polar surface area (TPSA) is 80.0 Å². The molecular weight excluding hydrogens is 276 g/mol. The molecule has 0 aromatic carbocycles. The van der Waals surface area contributed by atoms with Gasteiger partial charge in [0.2, 0.25) is 5.76 Å². The number of amides is 1. The van der Waals surface area contributed by atoms with Gasteiger partial charge in [0.1, 0.15) is 0 Å². The molecule has 0 aliphatic rings. The number of carbonyl (C=O) groups is 1. The van der Waals surface area contributed by atoms with Crippen molar-refractivity contribution in [3.8, 4) is 0 Å². The first kappa shape index (κ1) is 14.7. The first-order chi connectivity index (χ1) is 9.60. The maximum Gasteiger partial charge on any atom is 0.296 e. The molecule has 6 nitrogen and oxygen atoms in total. The van der Waals surface area contributed by atoms with E-state index in [2.05, 4.69) is 34.6 Å². The molecule has 2 aromatic heterocycles.